The number of hydrogen-bond acceptors (Lipinski definition) is 6. The van der Waals surface area contributed by atoms with Gasteiger partial charge in [0.25, 0.3) is 0 Å². The lowest BCUT2D eigenvalue weighted by atomic mass is 9.89. The zero-order chi connectivity index (χ0) is 20.5. The van der Waals surface area contributed by atoms with E-state index in [1.165, 1.54) is 0 Å². The van der Waals surface area contributed by atoms with Crippen molar-refractivity contribution in [3.63, 3.8) is 0 Å². The van der Waals surface area contributed by atoms with Crippen molar-refractivity contribution in [2.24, 2.45) is 0 Å². The Bertz CT molecular complexity index is 1100. The van der Waals surface area contributed by atoms with E-state index < -0.39 is 0 Å². The molecule has 0 unspecified atom stereocenters. The van der Waals surface area contributed by atoms with E-state index in [9.17, 15) is 9.59 Å². The maximum Gasteiger partial charge on any atom is 0.234 e. The average Bonchev–Trinajstić information content (AvgIpc) is 3.19. The number of ether oxygens (including phenoxy) is 2. The van der Waals surface area contributed by atoms with Crippen molar-refractivity contribution < 1.29 is 23.5 Å². The summed E-state index contributed by atoms with van der Waals surface area (Å²) in [5.41, 5.74) is 1.57. The number of morpholine rings is 1. The number of benzene rings is 2. The van der Waals surface area contributed by atoms with E-state index in [0.29, 0.717) is 19.4 Å². The smallest absolute Gasteiger partial charge is 0.234 e. The van der Waals surface area contributed by atoms with E-state index in [-0.39, 0.29) is 17.7 Å². The van der Waals surface area contributed by atoms with E-state index in [0.717, 1.165) is 65.9 Å². The fraction of sp³-hybridized carbons (Fsp3) is 0.391. The lowest BCUT2D eigenvalue weighted by Crippen LogP contribution is -2.39. The average molecular weight is 408 g/mol. The molecule has 0 radical (unpaired) electrons. The van der Waals surface area contributed by atoms with Gasteiger partial charge < -0.3 is 13.9 Å². The zero-order valence-electron chi connectivity index (χ0n) is 16.7. The molecular weight excluding hydrogens is 384 g/mol. The molecule has 1 atom stereocenters. The highest BCUT2D eigenvalue weighted by Crippen LogP contribution is 2.37. The fourth-order valence-electron chi connectivity index (χ4n) is 4.32. The van der Waals surface area contributed by atoms with Gasteiger partial charge in [0.2, 0.25) is 11.8 Å². The summed E-state index contributed by atoms with van der Waals surface area (Å²) in [7, 11) is 0. The highest BCUT2D eigenvalue weighted by atomic mass is 16.5. The van der Waals surface area contributed by atoms with Gasteiger partial charge in [0, 0.05) is 37.0 Å². The molecule has 2 aromatic carbocycles. The molecule has 5 rings (SSSR count). The number of fused-ring (bicyclic) bond motifs is 3. The molecule has 3 aromatic rings. The number of carbonyl (C=O) groups is 2. The number of nitrogens with one attached hydrogen (secondary N) is 1. The van der Waals surface area contributed by atoms with Crippen LogP contribution in [0.25, 0.3) is 21.7 Å². The van der Waals surface area contributed by atoms with Crippen LogP contribution in [0.4, 0.5) is 0 Å². The number of amides is 2. The highest BCUT2D eigenvalue weighted by Gasteiger charge is 2.31. The third-order valence-electron chi connectivity index (χ3n) is 5.95. The van der Waals surface area contributed by atoms with Crippen molar-refractivity contribution in [2.45, 2.75) is 18.8 Å². The Kier molecular flexibility index (Phi) is 5.14. The quantitative estimate of drug-likeness (QED) is 0.654. The van der Waals surface area contributed by atoms with Crippen LogP contribution in [0.1, 0.15) is 24.3 Å². The number of imide groups is 1. The van der Waals surface area contributed by atoms with E-state index >= 15 is 0 Å². The Morgan fingerprint density at radius 2 is 2.00 bits per heavy atom. The number of piperidine rings is 1. The highest BCUT2D eigenvalue weighted by molar-refractivity contribution is 6.10. The third kappa shape index (κ3) is 3.66. The predicted molar refractivity (Wildman–Crippen MR) is 112 cm³/mol. The minimum atomic E-state index is -0.376. The molecule has 0 spiro atoms. The summed E-state index contributed by atoms with van der Waals surface area (Å²) in [6.45, 7) is 4.96. The first-order valence-corrected chi connectivity index (χ1v) is 10.4. The zero-order valence-corrected chi connectivity index (χ0v) is 16.7. The van der Waals surface area contributed by atoms with Crippen LogP contribution >= 0.6 is 0 Å². The molecule has 0 saturated carbocycles. The van der Waals surface area contributed by atoms with Gasteiger partial charge in [0.05, 0.1) is 25.4 Å². The van der Waals surface area contributed by atoms with Crippen LogP contribution < -0.4 is 10.1 Å². The standard InChI is InChI=1S/C23H24N2O5/c26-21-6-4-18(23(27)24-21)19-14-30-20-5-1-15-13-16(2-3-17(15)22(19)20)29-12-9-25-7-10-28-11-8-25/h1-3,5,13-14,18H,4,6-12H2,(H,24,26,27)/t18-/m0/s1. The molecule has 7 nitrogen and oxygen atoms in total. The maximum absolute atomic E-state index is 12.4. The topological polar surface area (TPSA) is 81.0 Å². The predicted octanol–water partition coefficient (Wildman–Crippen LogP) is 2.82. The van der Waals surface area contributed by atoms with Gasteiger partial charge >= 0.3 is 0 Å². The summed E-state index contributed by atoms with van der Waals surface area (Å²) in [6.07, 6.45) is 2.49. The Morgan fingerprint density at radius 1 is 1.13 bits per heavy atom. The normalized spacial score (nSPS) is 20.6. The first-order chi connectivity index (χ1) is 14.7. The van der Waals surface area contributed by atoms with Gasteiger partial charge in [-0.2, -0.15) is 0 Å². The number of furan rings is 1. The van der Waals surface area contributed by atoms with Gasteiger partial charge in [0.1, 0.15) is 17.9 Å². The summed E-state index contributed by atoms with van der Waals surface area (Å²) < 4.78 is 17.1. The molecule has 2 amide bonds. The van der Waals surface area contributed by atoms with Gasteiger partial charge in [-0.05, 0) is 41.5 Å². The fourth-order valence-corrected chi connectivity index (χ4v) is 4.32. The second-order valence-electron chi connectivity index (χ2n) is 7.82. The van der Waals surface area contributed by atoms with Gasteiger partial charge in [0.15, 0.2) is 0 Å². The van der Waals surface area contributed by atoms with Crippen LogP contribution in [0.3, 0.4) is 0 Å². The second-order valence-corrected chi connectivity index (χ2v) is 7.82. The SMILES string of the molecule is O=C1CC[C@@H](c2coc3ccc4cc(OCCN5CCOCC5)ccc4c23)C(=O)N1. The number of hydrogen-bond donors (Lipinski definition) is 1. The number of rotatable bonds is 5. The van der Waals surface area contributed by atoms with Crippen molar-refractivity contribution in [3.8, 4) is 5.75 Å². The Hall–Kier alpha value is -2.90. The lowest BCUT2D eigenvalue weighted by Gasteiger charge is -2.26. The van der Waals surface area contributed by atoms with Crippen molar-refractivity contribution in [3.05, 3.63) is 42.2 Å². The van der Waals surface area contributed by atoms with Gasteiger partial charge in [-0.3, -0.25) is 19.8 Å². The molecule has 1 N–H and O–H groups in total. The van der Waals surface area contributed by atoms with Gasteiger partial charge in [-0.15, -0.1) is 0 Å². The summed E-state index contributed by atoms with van der Waals surface area (Å²) in [6, 6.07) is 9.93. The molecule has 2 aliphatic heterocycles. The Labute approximate surface area is 173 Å². The minimum Gasteiger partial charge on any atom is -0.492 e. The van der Waals surface area contributed by atoms with Gasteiger partial charge in [-0.25, -0.2) is 0 Å². The van der Waals surface area contributed by atoms with Crippen LogP contribution in [0.5, 0.6) is 5.75 Å². The van der Waals surface area contributed by atoms with Gasteiger partial charge in [-0.1, -0.05) is 6.07 Å². The molecule has 2 saturated heterocycles. The number of nitrogens with zero attached hydrogens (tertiary/aromatic N) is 1. The molecule has 1 aromatic heterocycles. The molecular formula is C23H24N2O5. The van der Waals surface area contributed by atoms with E-state index in [4.69, 9.17) is 13.9 Å². The third-order valence-corrected chi connectivity index (χ3v) is 5.95. The van der Waals surface area contributed by atoms with Crippen LogP contribution in [-0.4, -0.2) is 56.2 Å². The summed E-state index contributed by atoms with van der Waals surface area (Å²) in [4.78, 5) is 26.2. The van der Waals surface area contributed by atoms with Crippen molar-refractivity contribution in [1.29, 1.82) is 0 Å². The van der Waals surface area contributed by atoms with Crippen LogP contribution in [0.2, 0.25) is 0 Å². The first-order valence-electron chi connectivity index (χ1n) is 10.4. The first kappa shape index (κ1) is 19.1. The molecule has 156 valence electrons. The molecule has 30 heavy (non-hydrogen) atoms. The molecule has 3 heterocycles. The van der Waals surface area contributed by atoms with Crippen molar-refractivity contribution >= 4 is 33.6 Å². The summed E-state index contributed by atoms with van der Waals surface area (Å²) in [5, 5.41) is 5.41. The van der Waals surface area contributed by atoms with E-state index in [2.05, 4.69) is 10.2 Å². The van der Waals surface area contributed by atoms with Crippen LogP contribution in [0, 0.1) is 0 Å². The lowest BCUT2D eigenvalue weighted by molar-refractivity contribution is -0.134. The van der Waals surface area contributed by atoms with E-state index in [1.807, 2.05) is 30.3 Å². The minimum absolute atomic E-state index is 0.215. The van der Waals surface area contributed by atoms with Crippen molar-refractivity contribution in [1.82, 2.24) is 10.2 Å². The summed E-state index contributed by atoms with van der Waals surface area (Å²) >= 11 is 0. The molecule has 0 bridgehead atoms. The summed E-state index contributed by atoms with van der Waals surface area (Å²) in [5.74, 6) is -0.0260. The van der Waals surface area contributed by atoms with E-state index in [1.54, 1.807) is 6.26 Å². The number of carbonyl (C=O) groups excluding carboxylic acids is 2. The Balaban J connectivity index is 1.39. The largest absolute Gasteiger partial charge is 0.492 e. The van der Waals surface area contributed by atoms with Crippen molar-refractivity contribution in [2.75, 3.05) is 39.5 Å². The van der Waals surface area contributed by atoms with Crippen LogP contribution in [-0.2, 0) is 14.3 Å². The monoisotopic (exact) mass is 408 g/mol. The molecule has 0 aliphatic carbocycles. The molecule has 2 aliphatic rings. The molecule has 7 heteroatoms. The second kappa shape index (κ2) is 8.08. The Morgan fingerprint density at radius 3 is 2.83 bits per heavy atom. The molecule has 2 fully saturated rings. The van der Waals surface area contributed by atoms with Crippen LogP contribution in [0.15, 0.2) is 41.0 Å². The maximum atomic E-state index is 12.4.